The highest BCUT2D eigenvalue weighted by atomic mass is 16.3. The number of aliphatic hydroxyl groups is 1. The molecule has 0 aromatic carbocycles. The van der Waals surface area contributed by atoms with Gasteiger partial charge in [0.2, 0.25) is 5.91 Å². The number of amides is 1. The maximum atomic E-state index is 12.5. The first-order valence-electron chi connectivity index (χ1n) is 9.66. The summed E-state index contributed by atoms with van der Waals surface area (Å²) in [7, 11) is 0. The summed E-state index contributed by atoms with van der Waals surface area (Å²) in [5.74, 6) is 1.37. The number of carbonyl (C=O) groups excluding carboxylic acids is 1. The third kappa shape index (κ3) is 4.21. The standard InChI is InChI=1S/C18H32N4O2/c1-2-19-17(20-13-18(24)9-5-10-18)21-15-8-11-22(12-15)16(23)14-6-3-4-7-14/h14-15,24H,2-13H2,1H3,(H2,19,20,21). The van der Waals surface area contributed by atoms with E-state index >= 15 is 0 Å². The van der Waals surface area contributed by atoms with Crippen LogP contribution in [0.4, 0.5) is 0 Å². The van der Waals surface area contributed by atoms with E-state index in [-0.39, 0.29) is 12.0 Å². The molecule has 0 aromatic heterocycles. The summed E-state index contributed by atoms with van der Waals surface area (Å²) in [6.45, 7) is 4.90. The smallest absolute Gasteiger partial charge is 0.225 e. The highest BCUT2D eigenvalue weighted by Crippen LogP contribution is 2.31. The highest BCUT2D eigenvalue weighted by Gasteiger charge is 2.35. The van der Waals surface area contributed by atoms with Gasteiger partial charge in [-0.25, -0.2) is 0 Å². The van der Waals surface area contributed by atoms with Crippen LogP contribution in [-0.4, -0.2) is 59.7 Å². The maximum Gasteiger partial charge on any atom is 0.225 e. The molecule has 0 spiro atoms. The molecule has 0 aromatic rings. The van der Waals surface area contributed by atoms with E-state index in [1.54, 1.807) is 0 Å². The summed E-state index contributed by atoms with van der Waals surface area (Å²) >= 11 is 0. The summed E-state index contributed by atoms with van der Waals surface area (Å²) in [6.07, 6.45) is 8.29. The van der Waals surface area contributed by atoms with Crippen molar-refractivity contribution in [3.05, 3.63) is 0 Å². The Morgan fingerprint density at radius 3 is 2.62 bits per heavy atom. The Morgan fingerprint density at radius 2 is 2.00 bits per heavy atom. The summed E-state index contributed by atoms with van der Waals surface area (Å²) in [5, 5.41) is 16.9. The minimum Gasteiger partial charge on any atom is -0.388 e. The van der Waals surface area contributed by atoms with E-state index in [9.17, 15) is 9.90 Å². The topological polar surface area (TPSA) is 77.0 Å². The van der Waals surface area contributed by atoms with Crippen LogP contribution in [0.3, 0.4) is 0 Å². The molecule has 2 aliphatic carbocycles. The monoisotopic (exact) mass is 336 g/mol. The van der Waals surface area contributed by atoms with Gasteiger partial charge in [-0.15, -0.1) is 0 Å². The average Bonchev–Trinajstić information content (AvgIpc) is 3.22. The minimum absolute atomic E-state index is 0.254. The molecular weight excluding hydrogens is 304 g/mol. The fraction of sp³-hybridized carbons (Fsp3) is 0.889. The third-order valence-electron chi connectivity index (χ3n) is 5.71. The lowest BCUT2D eigenvalue weighted by atomic mass is 9.80. The lowest BCUT2D eigenvalue weighted by Gasteiger charge is -2.35. The Hall–Kier alpha value is -1.30. The number of hydrogen-bond donors (Lipinski definition) is 3. The van der Waals surface area contributed by atoms with Gasteiger partial charge in [0, 0.05) is 31.6 Å². The fourth-order valence-corrected chi connectivity index (χ4v) is 3.99. The largest absolute Gasteiger partial charge is 0.388 e. The van der Waals surface area contributed by atoms with Crippen molar-refractivity contribution in [1.29, 1.82) is 0 Å². The fourth-order valence-electron chi connectivity index (χ4n) is 3.99. The lowest BCUT2D eigenvalue weighted by Crippen LogP contribution is -2.47. The van der Waals surface area contributed by atoms with Crippen LogP contribution >= 0.6 is 0 Å². The molecule has 1 unspecified atom stereocenters. The number of aliphatic imine (C=N–C) groups is 1. The Morgan fingerprint density at radius 1 is 1.25 bits per heavy atom. The molecule has 0 bridgehead atoms. The van der Waals surface area contributed by atoms with Crippen molar-refractivity contribution < 1.29 is 9.90 Å². The first kappa shape index (κ1) is 17.5. The second-order valence-corrected chi connectivity index (χ2v) is 7.67. The van der Waals surface area contributed by atoms with Gasteiger partial charge in [-0.2, -0.15) is 0 Å². The molecule has 3 aliphatic rings. The summed E-state index contributed by atoms with van der Waals surface area (Å²) in [6, 6.07) is 0.254. The summed E-state index contributed by atoms with van der Waals surface area (Å²) in [4.78, 5) is 19.1. The first-order valence-corrected chi connectivity index (χ1v) is 9.66. The predicted octanol–water partition coefficient (Wildman–Crippen LogP) is 1.25. The first-order chi connectivity index (χ1) is 11.6. The zero-order chi connectivity index (χ0) is 17.0. The highest BCUT2D eigenvalue weighted by molar-refractivity contribution is 5.81. The van der Waals surface area contributed by atoms with Crippen molar-refractivity contribution in [1.82, 2.24) is 15.5 Å². The number of nitrogens with one attached hydrogen (secondary N) is 2. The molecule has 1 aliphatic heterocycles. The van der Waals surface area contributed by atoms with Gasteiger partial charge in [0.05, 0.1) is 12.1 Å². The van der Waals surface area contributed by atoms with E-state index in [1.807, 2.05) is 11.8 Å². The van der Waals surface area contributed by atoms with Gasteiger partial charge in [-0.1, -0.05) is 12.8 Å². The molecule has 2 saturated carbocycles. The van der Waals surface area contributed by atoms with Gasteiger partial charge in [0.1, 0.15) is 0 Å². The molecule has 0 radical (unpaired) electrons. The van der Waals surface area contributed by atoms with E-state index < -0.39 is 5.60 Å². The van der Waals surface area contributed by atoms with Crippen molar-refractivity contribution >= 4 is 11.9 Å². The number of likely N-dealkylation sites (tertiary alicyclic amines) is 1. The molecule has 1 saturated heterocycles. The average molecular weight is 336 g/mol. The van der Waals surface area contributed by atoms with E-state index in [0.29, 0.717) is 12.5 Å². The quantitative estimate of drug-likeness (QED) is 0.522. The van der Waals surface area contributed by atoms with Gasteiger partial charge in [-0.3, -0.25) is 9.79 Å². The van der Waals surface area contributed by atoms with E-state index in [4.69, 9.17) is 0 Å². The van der Waals surface area contributed by atoms with E-state index in [0.717, 1.165) is 64.1 Å². The Bertz CT molecular complexity index is 470. The number of carbonyl (C=O) groups is 1. The van der Waals surface area contributed by atoms with Crippen LogP contribution in [0, 0.1) is 5.92 Å². The van der Waals surface area contributed by atoms with Crippen LogP contribution in [0.2, 0.25) is 0 Å². The van der Waals surface area contributed by atoms with Crippen molar-refractivity contribution in [3.8, 4) is 0 Å². The van der Waals surface area contributed by atoms with Crippen LogP contribution < -0.4 is 10.6 Å². The molecule has 1 heterocycles. The van der Waals surface area contributed by atoms with Gasteiger partial charge >= 0.3 is 0 Å². The van der Waals surface area contributed by atoms with Crippen molar-refractivity contribution in [2.45, 2.75) is 69.9 Å². The third-order valence-corrected chi connectivity index (χ3v) is 5.71. The number of guanidine groups is 1. The normalized spacial score (nSPS) is 27.2. The molecule has 3 rings (SSSR count). The van der Waals surface area contributed by atoms with Gasteiger partial charge in [0.25, 0.3) is 0 Å². The Kier molecular flexibility index (Phi) is 5.64. The maximum absolute atomic E-state index is 12.5. The van der Waals surface area contributed by atoms with Crippen LogP contribution in [-0.2, 0) is 4.79 Å². The van der Waals surface area contributed by atoms with Crippen molar-refractivity contribution in [2.75, 3.05) is 26.2 Å². The molecule has 3 N–H and O–H groups in total. The molecule has 1 amide bonds. The summed E-state index contributed by atoms with van der Waals surface area (Å²) < 4.78 is 0. The van der Waals surface area contributed by atoms with Crippen molar-refractivity contribution in [3.63, 3.8) is 0 Å². The van der Waals surface area contributed by atoms with Gasteiger partial charge < -0.3 is 20.6 Å². The Labute approximate surface area is 145 Å². The molecular formula is C18H32N4O2. The molecule has 136 valence electrons. The predicted molar refractivity (Wildman–Crippen MR) is 94.9 cm³/mol. The van der Waals surface area contributed by atoms with Crippen LogP contribution in [0.1, 0.15) is 58.3 Å². The minimum atomic E-state index is -0.595. The number of hydrogen-bond acceptors (Lipinski definition) is 3. The van der Waals surface area contributed by atoms with Gasteiger partial charge in [-0.05, 0) is 45.4 Å². The van der Waals surface area contributed by atoms with E-state index in [1.165, 1.54) is 12.8 Å². The second kappa shape index (κ2) is 7.72. The van der Waals surface area contributed by atoms with Crippen LogP contribution in [0.5, 0.6) is 0 Å². The molecule has 6 nitrogen and oxygen atoms in total. The van der Waals surface area contributed by atoms with Crippen LogP contribution in [0.25, 0.3) is 0 Å². The van der Waals surface area contributed by atoms with Gasteiger partial charge in [0.15, 0.2) is 5.96 Å². The second-order valence-electron chi connectivity index (χ2n) is 7.67. The zero-order valence-corrected chi connectivity index (χ0v) is 14.9. The molecule has 1 atom stereocenters. The van der Waals surface area contributed by atoms with Crippen LogP contribution in [0.15, 0.2) is 4.99 Å². The number of nitrogens with zero attached hydrogens (tertiary/aromatic N) is 2. The lowest BCUT2D eigenvalue weighted by molar-refractivity contribution is -0.134. The molecule has 6 heteroatoms. The zero-order valence-electron chi connectivity index (χ0n) is 14.9. The SMILES string of the molecule is CCNC(=NCC1(O)CCC1)NC1CCN(C(=O)C2CCCC2)C1. The summed E-state index contributed by atoms with van der Waals surface area (Å²) in [5.41, 5.74) is -0.595. The Balaban J connectivity index is 1.50. The molecule has 24 heavy (non-hydrogen) atoms. The van der Waals surface area contributed by atoms with Crippen molar-refractivity contribution in [2.24, 2.45) is 10.9 Å². The number of rotatable bonds is 5. The molecule has 3 fully saturated rings. The van der Waals surface area contributed by atoms with E-state index in [2.05, 4.69) is 15.6 Å².